The molecule has 0 aliphatic heterocycles. The Morgan fingerprint density at radius 2 is 1.96 bits per heavy atom. The van der Waals surface area contributed by atoms with Crippen molar-refractivity contribution in [3.63, 3.8) is 0 Å². The van der Waals surface area contributed by atoms with Crippen LogP contribution in [-0.4, -0.2) is 36.2 Å². The van der Waals surface area contributed by atoms with Gasteiger partial charge in [-0.25, -0.2) is 0 Å². The van der Waals surface area contributed by atoms with Gasteiger partial charge in [0.1, 0.15) is 0 Å². The van der Waals surface area contributed by atoms with Gasteiger partial charge in [-0.1, -0.05) is 36.8 Å². The number of nitrogens with one attached hydrogen (secondary N) is 1. The maximum Gasteiger partial charge on any atom is 0.306 e. The zero-order chi connectivity index (χ0) is 17.2. The number of carbonyl (C=O) groups is 2. The Kier molecular flexibility index (Phi) is 7.75. The second-order valence-electron chi connectivity index (χ2n) is 6.42. The summed E-state index contributed by atoms with van der Waals surface area (Å²) < 4.78 is 5.57. The number of carboxylic acid groups (broad SMARTS) is 1. The highest BCUT2D eigenvalue weighted by Crippen LogP contribution is 2.24. The van der Waals surface area contributed by atoms with Gasteiger partial charge in [-0.05, 0) is 37.7 Å². The number of amides is 1. The van der Waals surface area contributed by atoms with Gasteiger partial charge in [-0.2, -0.15) is 0 Å². The minimum atomic E-state index is -0.749. The molecule has 5 nitrogen and oxygen atoms in total. The number of rotatable bonds is 9. The number of benzene rings is 1. The van der Waals surface area contributed by atoms with Crippen LogP contribution >= 0.6 is 0 Å². The predicted octanol–water partition coefficient (Wildman–Crippen LogP) is 2.79. The van der Waals surface area contributed by atoms with Gasteiger partial charge in [-0.15, -0.1) is 0 Å². The SMILES string of the molecule is O=C(CCCOCCc1ccccc1)N[C@H]1CCC[C@@H](C(=O)O)C1. The normalized spacial score (nSPS) is 20.5. The van der Waals surface area contributed by atoms with Gasteiger partial charge in [-0.3, -0.25) is 9.59 Å². The van der Waals surface area contributed by atoms with Gasteiger partial charge in [0.05, 0.1) is 12.5 Å². The van der Waals surface area contributed by atoms with Crippen LogP contribution in [0, 0.1) is 5.92 Å². The monoisotopic (exact) mass is 333 g/mol. The van der Waals surface area contributed by atoms with Crippen LogP contribution in [0.4, 0.5) is 0 Å². The van der Waals surface area contributed by atoms with E-state index in [4.69, 9.17) is 9.84 Å². The van der Waals surface area contributed by atoms with E-state index in [1.807, 2.05) is 18.2 Å². The Morgan fingerprint density at radius 3 is 2.71 bits per heavy atom. The second-order valence-corrected chi connectivity index (χ2v) is 6.42. The third-order valence-electron chi connectivity index (χ3n) is 4.46. The van der Waals surface area contributed by atoms with E-state index >= 15 is 0 Å². The first-order chi connectivity index (χ1) is 11.6. The van der Waals surface area contributed by atoms with Crippen LogP contribution in [0.2, 0.25) is 0 Å². The average molecular weight is 333 g/mol. The highest BCUT2D eigenvalue weighted by molar-refractivity contribution is 5.76. The molecule has 0 saturated heterocycles. The number of hydrogen-bond donors (Lipinski definition) is 2. The molecule has 1 fully saturated rings. The van der Waals surface area contributed by atoms with Crippen LogP contribution in [0.3, 0.4) is 0 Å². The van der Waals surface area contributed by atoms with E-state index in [9.17, 15) is 9.59 Å². The van der Waals surface area contributed by atoms with Crippen LogP contribution in [0.25, 0.3) is 0 Å². The minimum absolute atomic E-state index is 0.00213. The maximum atomic E-state index is 11.9. The van der Waals surface area contributed by atoms with Gasteiger partial charge in [0.2, 0.25) is 5.91 Å². The fourth-order valence-corrected chi connectivity index (χ4v) is 3.12. The Balaban J connectivity index is 1.52. The smallest absolute Gasteiger partial charge is 0.306 e. The van der Waals surface area contributed by atoms with Gasteiger partial charge < -0.3 is 15.2 Å². The number of aliphatic carboxylic acids is 1. The molecule has 2 N–H and O–H groups in total. The summed E-state index contributed by atoms with van der Waals surface area (Å²) in [5.41, 5.74) is 1.25. The molecule has 132 valence electrons. The lowest BCUT2D eigenvalue weighted by Gasteiger charge is -2.27. The summed E-state index contributed by atoms with van der Waals surface area (Å²) >= 11 is 0. The summed E-state index contributed by atoms with van der Waals surface area (Å²) in [5.74, 6) is -1.07. The van der Waals surface area contributed by atoms with Gasteiger partial charge in [0, 0.05) is 19.1 Å². The van der Waals surface area contributed by atoms with Crippen LogP contribution < -0.4 is 5.32 Å². The lowest BCUT2D eigenvalue weighted by molar-refractivity contribution is -0.143. The fraction of sp³-hybridized carbons (Fsp3) is 0.579. The molecule has 1 aliphatic rings. The van der Waals surface area contributed by atoms with E-state index in [0.29, 0.717) is 32.5 Å². The first-order valence-corrected chi connectivity index (χ1v) is 8.79. The van der Waals surface area contributed by atoms with E-state index in [2.05, 4.69) is 17.4 Å². The van der Waals surface area contributed by atoms with Gasteiger partial charge in [0.15, 0.2) is 0 Å². The van der Waals surface area contributed by atoms with Crippen molar-refractivity contribution in [3.8, 4) is 0 Å². The zero-order valence-electron chi connectivity index (χ0n) is 14.1. The summed E-state index contributed by atoms with van der Waals surface area (Å²) in [6.07, 6.45) is 5.01. The lowest BCUT2D eigenvalue weighted by atomic mass is 9.86. The summed E-state index contributed by atoms with van der Waals surface area (Å²) in [4.78, 5) is 23.0. The van der Waals surface area contributed by atoms with Gasteiger partial charge in [0.25, 0.3) is 0 Å². The first-order valence-electron chi connectivity index (χ1n) is 8.79. The van der Waals surface area contributed by atoms with E-state index in [-0.39, 0.29) is 17.9 Å². The van der Waals surface area contributed by atoms with E-state index in [0.717, 1.165) is 25.7 Å². The number of ether oxygens (including phenoxy) is 1. The molecular weight excluding hydrogens is 306 g/mol. The van der Waals surface area contributed by atoms with Crippen molar-refractivity contribution < 1.29 is 19.4 Å². The molecule has 1 saturated carbocycles. The highest BCUT2D eigenvalue weighted by atomic mass is 16.5. The third kappa shape index (κ3) is 6.71. The Hall–Kier alpha value is -1.88. The van der Waals surface area contributed by atoms with Crippen molar-refractivity contribution in [3.05, 3.63) is 35.9 Å². The standard InChI is InChI=1S/C19H27NO4/c21-18(20-17-9-4-8-16(14-17)19(22)23)10-5-12-24-13-11-15-6-2-1-3-7-15/h1-3,6-7,16-17H,4-5,8-14H2,(H,20,21)(H,22,23)/t16-,17+/m1/s1. The number of hydrogen-bond acceptors (Lipinski definition) is 3. The summed E-state index contributed by atoms with van der Waals surface area (Å²) in [5, 5.41) is 12.0. The van der Waals surface area contributed by atoms with Crippen molar-refractivity contribution in [2.75, 3.05) is 13.2 Å². The Morgan fingerprint density at radius 1 is 1.17 bits per heavy atom. The molecule has 0 aromatic heterocycles. The number of carbonyl (C=O) groups excluding carboxylic acids is 1. The largest absolute Gasteiger partial charge is 0.481 e. The van der Waals surface area contributed by atoms with Crippen molar-refractivity contribution in [2.45, 2.75) is 51.0 Å². The van der Waals surface area contributed by atoms with Crippen molar-refractivity contribution in [1.29, 1.82) is 0 Å². The molecule has 2 atom stereocenters. The Labute approximate surface area is 143 Å². The maximum absolute atomic E-state index is 11.9. The molecule has 5 heteroatoms. The molecule has 1 aliphatic carbocycles. The van der Waals surface area contributed by atoms with Crippen LogP contribution in [0.1, 0.15) is 44.1 Å². The van der Waals surface area contributed by atoms with E-state index < -0.39 is 5.97 Å². The molecule has 0 bridgehead atoms. The summed E-state index contributed by atoms with van der Waals surface area (Å²) in [6.45, 7) is 1.23. The molecule has 0 spiro atoms. The molecule has 1 aromatic rings. The highest BCUT2D eigenvalue weighted by Gasteiger charge is 2.27. The van der Waals surface area contributed by atoms with E-state index in [1.165, 1.54) is 5.56 Å². The molecule has 0 unspecified atom stereocenters. The molecular formula is C19H27NO4. The molecule has 0 heterocycles. The predicted molar refractivity (Wildman–Crippen MR) is 91.7 cm³/mol. The molecule has 1 amide bonds. The van der Waals surface area contributed by atoms with Gasteiger partial charge >= 0.3 is 5.97 Å². The van der Waals surface area contributed by atoms with Crippen LogP contribution in [0.15, 0.2) is 30.3 Å². The molecule has 0 radical (unpaired) electrons. The third-order valence-corrected chi connectivity index (χ3v) is 4.46. The van der Waals surface area contributed by atoms with Crippen LogP contribution in [0.5, 0.6) is 0 Å². The zero-order valence-corrected chi connectivity index (χ0v) is 14.1. The van der Waals surface area contributed by atoms with E-state index in [1.54, 1.807) is 0 Å². The van der Waals surface area contributed by atoms with Crippen molar-refractivity contribution >= 4 is 11.9 Å². The second kappa shape index (κ2) is 10.1. The Bertz CT molecular complexity index is 517. The average Bonchev–Trinajstić information content (AvgIpc) is 2.59. The minimum Gasteiger partial charge on any atom is -0.481 e. The number of carboxylic acids is 1. The molecule has 24 heavy (non-hydrogen) atoms. The van der Waals surface area contributed by atoms with Crippen molar-refractivity contribution in [1.82, 2.24) is 5.32 Å². The lowest BCUT2D eigenvalue weighted by Crippen LogP contribution is -2.39. The molecule has 2 rings (SSSR count). The quantitative estimate of drug-likeness (QED) is 0.681. The summed E-state index contributed by atoms with van der Waals surface area (Å²) in [6, 6.07) is 10.2. The van der Waals surface area contributed by atoms with Crippen LogP contribution in [-0.2, 0) is 20.7 Å². The topological polar surface area (TPSA) is 75.6 Å². The molecule has 1 aromatic carbocycles. The summed E-state index contributed by atoms with van der Waals surface area (Å²) in [7, 11) is 0. The fourth-order valence-electron chi connectivity index (χ4n) is 3.12. The van der Waals surface area contributed by atoms with Crippen molar-refractivity contribution in [2.24, 2.45) is 5.92 Å². The first kappa shape index (κ1) is 18.5.